The highest BCUT2D eigenvalue weighted by atomic mass is 32.2. The lowest BCUT2D eigenvalue weighted by Crippen LogP contribution is -2.41. The van der Waals surface area contributed by atoms with Gasteiger partial charge < -0.3 is 32.9 Å². The number of alkyl halides is 3. The highest BCUT2D eigenvalue weighted by molar-refractivity contribution is 7.87. The number of aromatic amines is 2. The van der Waals surface area contributed by atoms with E-state index in [1.54, 1.807) is 57.3 Å². The van der Waals surface area contributed by atoms with E-state index in [9.17, 15) is 30.4 Å². The van der Waals surface area contributed by atoms with Crippen molar-refractivity contribution in [2.24, 2.45) is 0 Å². The number of nitrogens with one attached hydrogen (secondary N) is 2. The summed E-state index contributed by atoms with van der Waals surface area (Å²) in [5, 5.41) is 2.07. The van der Waals surface area contributed by atoms with Crippen LogP contribution in [0.1, 0.15) is 27.7 Å². The van der Waals surface area contributed by atoms with Crippen LogP contribution in [-0.2, 0) is 19.4 Å². The minimum absolute atomic E-state index is 0.226. The molecule has 61 heavy (non-hydrogen) atoms. The summed E-state index contributed by atoms with van der Waals surface area (Å²) >= 11 is 0. The first-order valence-corrected chi connectivity index (χ1v) is 19.4. The van der Waals surface area contributed by atoms with Gasteiger partial charge in [0.05, 0.1) is 72.5 Å². The SMILES string of the molecule is COc1ccncc1-c1cc2c(cn1)[nH]c1ncc(F)cc12.COc1ccncc1B1OC(C)(C)C(C)(C)O1.O=S(=O)(Oc1cc2c(cn1)[nH]c1ncc(F)cc12)C(F)(F)F. The lowest BCUT2D eigenvalue weighted by Gasteiger charge is -2.32. The van der Waals surface area contributed by atoms with Gasteiger partial charge in [-0.25, -0.2) is 23.7 Å². The van der Waals surface area contributed by atoms with Crippen molar-refractivity contribution in [3.05, 3.63) is 97.6 Å². The van der Waals surface area contributed by atoms with Gasteiger partial charge in [0.1, 0.15) is 34.4 Å². The zero-order valence-corrected chi connectivity index (χ0v) is 33.8. The molecule has 0 radical (unpaired) electrons. The highest BCUT2D eigenvalue weighted by Crippen LogP contribution is 2.37. The summed E-state index contributed by atoms with van der Waals surface area (Å²) in [6.45, 7) is 8.09. The van der Waals surface area contributed by atoms with Crippen LogP contribution < -0.4 is 19.1 Å². The zero-order valence-electron chi connectivity index (χ0n) is 33.0. The lowest BCUT2D eigenvalue weighted by atomic mass is 9.79. The Morgan fingerprint density at radius 3 is 1.75 bits per heavy atom. The van der Waals surface area contributed by atoms with Gasteiger partial charge in [-0.3, -0.25) is 15.0 Å². The molecule has 0 spiro atoms. The number of hydrogen-bond donors (Lipinski definition) is 2. The van der Waals surface area contributed by atoms with Crippen molar-refractivity contribution in [2.45, 2.75) is 44.4 Å². The van der Waals surface area contributed by atoms with Crippen molar-refractivity contribution in [1.82, 2.24) is 39.9 Å². The summed E-state index contributed by atoms with van der Waals surface area (Å²) in [5.74, 6) is -0.388. The first-order chi connectivity index (χ1) is 28.8. The monoisotopic (exact) mass is 864 g/mol. The molecular formula is C39H34BF5N8O7S. The van der Waals surface area contributed by atoms with Crippen LogP contribution in [0.25, 0.3) is 55.1 Å². The van der Waals surface area contributed by atoms with E-state index in [2.05, 4.69) is 44.1 Å². The normalized spacial score (nSPS) is 14.7. The highest BCUT2D eigenvalue weighted by Gasteiger charge is 2.52. The Bertz CT molecular complexity index is 3010. The van der Waals surface area contributed by atoms with Crippen LogP contribution in [0, 0.1) is 11.6 Å². The number of pyridine rings is 6. The van der Waals surface area contributed by atoms with E-state index in [4.69, 9.17) is 18.8 Å². The van der Waals surface area contributed by atoms with Crippen molar-refractivity contribution in [1.29, 1.82) is 0 Å². The molecule has 8 aromatic rings. The van der Waals surface area contributed by atoms with Gasteiger partial charge in [-0.1, -0.05) is 0 Å². The number of aromatic nitrogens is 8. The van der Waals surface area contributed by atoms with Crippen molar-refractivity contribution in [2.75, 3.05) is 14.2 Å². The van der Waals surface area contributed by atoms with Gasteiger partial charge in [0.25, 0.3) is 0 Å². The standard InChI is InChI=1S/C16H11FN4O.C12H18BNO3.C11H5F4N3O3S/c1-22-15-2-3-18-7-12(15)13-5-10-11-4-9(17)6-20-16(11)21-14(10)8-19-13;1-11(2)12(3,4)17-13(16-11)9-8-14-7-6-10(9)15-5;12-5-1-7-6-2-9(21-22(19,20)11(13,14)15)16-4-8(6)18-10(7)17-3-5/h2-8H,1H3,(H,20,21);6-8H,1-5H3;1-4H,(H,17,18). The second kappa shape index (κ2) is 16.2. The molecule has 0 atom stereocenters. The van der Waals surface area contributed by atoms with Gasteiger partial charge in [-0.05, 0) is 58.0 Å². The lowest BCUT2D eigenvalue weighted by molar-refractivity contribution is -0.0501. The van der Waals surface area contributed by atoms with Gasteiger partial charge in [-0.2, -0.15) is 21.6 Å². The van der Waals surface area contributed by atoms with Crippen molar-refractivity contribution >= 4 is 66.6 Å². The average molecular weight is 865 g/mol. The summed E-state index contributed by atoms with van der Waals surface area (Å²) in [6.07, 6.45) is 11.7. The molecule has 9 heterocycles. The zero-order chi connectivity index (χ0) is 43.9. The number of methoxy groups -OCH3 is 2. The summed E-state index contributed by atoms with van der Waals surface area (Å²) in [5.41, 5.74) is -1.90. The molecule has 15 nitrogen and oxygen atoms in total. The number of ether oxygens (including phenoxy) is 2. The van der Waals surface area contributed by atoms with Crippen LogP contribution in [0.2, 0.25) is 0 Å². The molecule has 316 valence electrons. The van der Waals surface area contributed by atoms with Crippen molar-refractivity contribution < 1.29 is 53.3 Å². The third kappa shape index (κ3) is 8.59. The van der Waals surface area contributed by atoms with E-state index in [0.717, 1.165) is 57.6 Å². The predicted molar refractivity (Wildman–Crippen MR) is 215 cm³/mol. The number of H-pyrrole nitrogens is 2. The van der Waals surface area contributed by atoms with Gasteiger partial charge in [0.15, 0.2) is 0 Å². The molecule has 22 heteroatoms. The van der Waals surface area contributed by atoms with Crippen molar-refractivity contribution in [3.63, 3.8) is 0 Å². The molecule has 0 amide bonds. The van der Waals surface area contributed by atoms with Crippen LogP contribution in [0.4, 0.5) is 22.0 Å². The molecule has 8 aromatic heterocycles. The second-order valence-corrected chi connectivity index (χ2v) is 15.8. The van der Waals surface area contributed by atoms with Crippen LogP contribution in [0.15, 0.2) is 86.0 Å². The minimum Gasteiger partial charge on any atom is -0.497 e. The van der Waals surface area contributed by atoms with Gasteiger partial charge >= 0.3 is 22.7 Å². The first kappa shape index (κ1) is 42.6. The smallest absolute Gasteiger partial charge is 0.497 e. The Labute approximate surface area is 343 Å². The number of halogens is 5. The Kier molecular flexibility index (Phi) is 11.3. The molecule has 0 unspecified atom stereocenters. The summed E-state index contributed by atoms with van der Waals surface area (Å²) < 4.78 is 112. The number of hydrogen-bond acceptors (Lipinski definition) is 13. The quantitative estimate of drug-likeness (QED) is 0.0741. The summed E-state index contributed by atoms with van der Waals surface area (Å²) in [4.78, 5) is 29.8. The predicted octanol–water partition coefficient (Wildman–Crippen LogP) is 7.19. The Morgan fingerprint density at radius 2 is 1.20 bits per heavy atom. The van der Waals surface area contributed by atoms with Gasteiger partial charge in [-0.15, -0.1) is 0 Å². The molecule has 0 aromatic carbocycles. The van der Waals surface area contributed by atoms with Crippen LogP contribution in [0.5, 0.6) is 17.4 Å². The fraction of sp³-hybridized carbons (Fsp3) is 0.231. The first-order valence-electron chi connectivity index (χ1n) is 18.0. The maximum atomic E-state index is 13.5. The van der Waals surface area contributed by atoms with E-state index < -0.39 is 34.4 Å². The summed E-state index contributed by atoms with van der Waals surface area (Å²) in [7, 11) is -3.02. The van der Waals surface area contributed by atoms with Crippen LogP contribution >= 0.6 is 0 Å². The number of nitrogens with zero attached hydrogens (tertiary/aromatic N) is 6. The fourth-order valence-corrected chi connectivity index (χ4v) is 6.52. The number of rotatable bonds is 6. The largest absolute Gasteiger partial charge is 0.534 e. The van der Waals surface area contributed by atoms with E-state index in [-0.39, 0.29) is 33.4 Å². The molecule has 1 saturated heterocycles. The molecular weight excluding hydrogens is 830 g/mol. The Morgan fingerprint density at radius 1 is 0.672 bits per heavy atom. The number of fused-ring (bicyclic) bond motifs is 6. The van der Waals surface area contributed by atoms with Crippen LogP contribution in [0.3, 0.4) is 0 Å². The molecule has 9 rings (SSSR count). The van der Waals surface area contributed by atoms with Gasteiger partial charge in [0, 0.05) is 57.9 Å². The Balaban J connectivity index is 0.000000139. The molecule has 1 fully saturated rings. The molecule has 1 aliphatic rings. The summed E-state index contributed by atoms with van der Waals surface area (Å²) in [6, 6.07) is 8.99. The van der Waals surface area contributed by atoms with Crippen molar-refractivity contribution in [3.8, 4) is 28.6 Å². The van der Waals surface area contributed by atoms with E-state index in [0.29, 0.717) is 22.6 Å². The third-order valence-electron chi connectivity index (χ3n) is 9.87. The van der Waals surface area contributed by atoms with Crippen LogP contribution in [-0.4, -0.2) is 86.3 Å². The van der Waals surface area contributed by atoms with Gasteiger partial charge in [0.2, 0.25) is 5.88 Å². The Hall–Kier alpha value is -6.52. The average Bonchev–Trinajstić information content (AvgIpc) is 3.84. The molecule has 2 N–H and O–H groups in total. The minimum atomic E-state index is -5.83. The van der Waals surface area contributed by atoms with E-state index in [1.807, 2.05) is 33.8 Å². The molecule has 0 saturated carbocycles. The second-order valence-electron chi connectivity index (χ2n) is 14.3. The van der Waals surface area contributed by atoms with E-state index in [1.165, 1.54) is 12.3 Å². The molecule has 0 bridgehead atoms. The fourth-order valence-electron chi connectivity index (χ4n) is 6.11. The topological polar surface area (TPSA) is 189 Å². The maximum Gasteiger partial charge on any atom is 0.534 e. The maximum absolute atomic E-state index is 13.5. The molecule has 0 aliphatic carbocycles. The third-order valence-corrected chi connectivity index (χ3v) is 10.8. The molecule has 1 aliphatic heterocycles. The van der Waals surface area contributed by atoms with E-state index >= 15 is 0 Å².